The van der Waals surface area contributed by atoms with E-state index in [1.165, 1.54) is 18.4 Å². The average Bonchev–Trinajstić information content (AvgIpc) is 2.24. The molecule has 1 atom stereocenters. The molecule has 0 heterocycles. The van der Waals surface area contributed by atoms with Crippen LogP contribution in [-0.2, 0) is 10.8 Å². The van der Waals surface area contributed by atoms with Gasteiger partial charge in [0.1, 0.15) is 0 Å². The molecule has 1 heteroatoms. The molecule has 1 aliphatic carbocycles. The number of fused-ring (bicyclic) bond motifs is 1. The summed E-state index contributed by atoms with van der Waals surface area (Å²) in [5, 5.41) is 0. The quantitative estimate of drug-likeness (QED) is 0.465. The fourth-order valence-corrected chi connectivity index (χ4v) is 3.24. The summed E-state index contributed by atoms with van der Waals surface area (Å²) in [5.74, 6) is 0. The van der Waals surface area contributed by atoms with Crippen LogP contribution in [0.1, 0.15) is 68.1 Å². The first-order valence-corrected chi connectivity index (χ1v) is 7.78. The fraction of sp³-hybridized carbons (Fsp3) is 0.625. The lowest BCUT2D eigenvalue weighted by atomic mass is 9.63. The molecule has 0 nitrogen and oxygen atoms in total. The molecular weight excluding hydrogens is 319 g/mol. The summed E-state index contributed by atoms with van der Waals surface area (Å²) in [6.07, 6.45) is 2.60. The van der Waals surface area contributed by atoms with Crippen LogP contribution in [0.15, 0.2) is 18.2 Å². The number of alkyl halides is 1. The van der Waals surface area contributed by atoms with Crippen LogP contribution in [0.4, 0.5) is 0 Å². The summed E-state index contributed by atoms with van der Waals surface area (Å²) in [6, 6.07) is 7.15. The summed E-state index contributed by atoms with van der Waals surface area (Å²) >= 11 is 2.50. The van der Waals surface area contributed by atoms with Crippen LogP contribution in [0.2, 0.25) is 0 Å². The lowest BCUT2D eigenvalue weighted by molar-refractivity contribution is 0.331. The number of benzene rings is 1. The Balaban J connectivity index is 2.60. The minimum absolute atomic E-state index is 0.340. The summed E-state index contributed by atoms with van der Waals surface area (Å²) in [4.78, 5) is 0. The highest BCUT2D eigenvalue weighted by Crippen LogP contribution is 2.46. The molecule has 1 aliphatic rings. The number of halogens is 1. The van der Waals surface area contributed by atoms with E-state index in [0.717, 1.165) is 0 Å². The molecule has 1 aromatic carbocycles. The van der Waals surface area contributed by atoms with Crippen molar-refractivity contribution in [2.45, 2.75) is 62.2 Å². The van der Waals surface area contributed by atoms with Gasteiger partial charge >= 0.3 is 0 Å². The molecule has 0 spiro atoms. The molecule has 0 aliphatic heterocycles. The van der Waals surface area contributed by atoms with Crippen LogP contribution in [0.3, 0.4) is 0 Å². The molecule has 0 fully saturated rings. The van der Waals surface area contributed by atoms with Gasteiger partial charge in [0.25, 0.3) is 0 Å². The van der Waals surface area contributed by atoms with Crippen molar-refractivity contribution in [3.8, 4) is 0 Å². The third-order valence-corrected chi connectivity index (χ3v) is 5.06. The van der Waals surface area contributed by atoms with Crippen molar-refractivity contribution < 1.29 is 0 Å². The molecule has 17 heavy (non-hydrogen) atoms. The predicted octanol–water partition coefficient (Wildman–Crippen LogP) is 5.53. The molecule has 0 saturated carbocycles. The van der Waals surface area contributed by atoms with Gasteiger partial charge in [0.2, 0.25) is 0 Å². The molecule has 0 amide bonds. The first-order valence-electron chi connectivity index (χ1n) is 6.53. The topological polar surface area (TPSA) is 0 Å². The summed E-state index contributed by atoms with van der Waals surface area (Å²) in [6.45, 7) is 11.8. The number of hydrogen-bond donors (Lipinski definition) is 0. The van der Waals surface area contributed by atoms with Crippen LogP contribution >= 0.6 is 22.6 Å². The van der Waals surface area contributed by atoms with Gasteiger partial charge in [-0.15, -0.1) is 0 Å². The molecule has 94 valence electrons. The minimum Gasteiger partial charge on any atom is -0.0777 e. The molecule has 0 N–H and O–H groups in total. The summed E-state index contributed by atoms with van der Waals surface area (Å²) < 4.78 is 0.596. The highest BCUT2D eigenvalue weighted by Gasteiger charge is 2.36. The largest absolute Gasteiger partial charge is 0.0777 e. The molecule has 0 bridgehead atoms. The lowest BCUT2D eigenvalue weighted by Crippen LogP contribution is -2.33. The van der Waals surface area contributed by atoms with Crippen LogP contribution in [-0.4, -0.2) is 0 Å². The van der Waals surface area contributed by atoms with E-state index >= 15 is 0 Å². The Labute approximate surface area is 119 Å². The van der Waals surface area contributed by atoms with Crippen LogP contribution < -0.4 is 0 Å². The van der Waals surface area contributed by atoms with Crippen molar-refractivity contribution in [1.82, 2.24) is 0 Å². The maximum atomic E-state index is 2.50. The SMILES string of the molecule is C[C@@H](I)c1ccc2c(c1)C(C)(C)CCC2(C)C. The maximum Gasteiger partial charge on any atom is 0.0331 e. The van der Waals surface area contributed by atoms with E-state index in [1.807, 2.05) is 0 Å². The van der Waals surface area contributed by atoms with E-state index in [2.05, 4.69) is 75.4 Å². The first kappa shape index (κ1) is 13.4. The Kier molecular flexibility index (Phi) is 3.35. The van der Waals surface area contributed by atoms with Crippen LogP contribution in [0.5, 0.6) is 0 Å². The zero-order valence-electron chi connectivity index (χ0n) is 11.6. The van der Waals surface area contributed by atoms with Gasteiger partial charge in [-0.25, -0.2) is 0 Å². The second-order valence-corrected chi connectivity index (χ2v) is 8.56. The Bertz CT molecular complexity index is 427. The monoisotopic (exact) mass is 342 g/mol. The third-order valence-electron chi connectivity index (χ3n) is 4.34. The smallest absolute Gasteiger partial charge is 0.0331 e. The van der Waals surface area contributed by atoms with Crippen molar-refractivity contribution in [2.75, 3.05) is 0 Å². The van der Waals surface area contributed by atoms with Crippen molar-refractivity contribution in [1.29, 1.82) is 0 Å². The van der Waals surface area contributed by atoms with Gasteiger partial charge in [-0.1, -0.05) is 68.5 Å². The van der Waals surface area contributed by atoms with Crippen LogP contribution in [0.25, 0.3) is 0 Å². The highest BCUT2D eigenvalue weighted by molar-refractivity contribution is 14.1. The van der Waals surface area contributed by atoms with E-state index in [0.29, 0.717) is 14.8 Å². The maximum absolute atomic E-state index is 2.50. The van der Waals surface area contributed by atoms with Crippen molar-refractivity contribution in [3.05, 3.63) is 34.9 Å². The lowest BCUT2D eigenvalue weighted by Gasteiger charge is -2.42. The molecule has 0 radical (unpaired) electrons. The predicted molar refractivity (Wildman–Crippen MR) is 84.2 cm³/mol. The Hall–Kier alpha value is -0.0500. The Morgan fingerprint density at radius 2 is 1.53 bits per heavy atom. The average molecular weight is 342 g/mol. The van der Waals surface area contributed by atoms with Gasteiger partial charge < -0.3 is 0 Å². The van der Waals surface area contributed by atoms with Crippen molar-refractivity contribution >= 4 is 22.6 Å². The van der Waals surface area contributed by atoms with Gasteiger partial charge in [-0.05, 0) is 47.3 Å². The zero-order chi connectivity index (χ0) is 12.8. The number of rotatable bonds is 1. The minimum atomic E-state index is 0.340. The standard InChI is InChI=1S/C16H23I/c1-11(17)12-6-7-13-14(10-12)16(4,5)9-8-15(13,2)3/h6-7,10-11H,8-9H2,1-5H3/t11-/m1/s1. The van der Waals surface area contributed by atoms with Gasteiger partial charge in [-0.3, -0.25) is 0 Å². The normalized spacial score (nSPS) is 22.9. The van der Waals surface area contributed by atoms with Crippen molar-refractivity contribution in [2.24, 2.45) is 0 Å². The number of hydrogen-bond acceptors (Lipinski definition) is 0. The molecular formula is C16H23I. The molecule has 0 unspecified atom stereocenters. The fourth-order valence-electron chi connectivity index (χ4n) is 2.85. The van der Waals surface area contributed by atoms with Gasteiger partial charge in [0.15, 0.2) is 0 Å². The van der Waals surface area contributed by atoms with Gasteiger partial charge in [0, 0.05) is 3.92 Å². The second-order valence-electron chi connectivity index (χ2n) is 6.69. The molecule has 1 aromatic rings. The van der Waals surface area contributed by atoms with E-state index in [4.69, 9.17) is 0 Å². The van der Waals surface area contributed by atoms with Gasteiger partial charge in [-0.2, -0.15) is 0 Å². The van der Waals surface area contributed by atoms with Crippen LogP contribution in [0, 0.1) is 0 Å². The van der Waals surface area contributed by atoms with E-state index in [1.54, 1.807) is 11.1 Å². The summed E-state index contributed by atoms with van der Waals surface area (Å²) in [5.41, 5.74) is 5.30. The molecule has 0 saturated heterocycles. The molecule has 0 aromatic heterocycles. The van der Waals surface area contributed by atoms with E-state index in [9.17, 15) is 0 Å². The third kappa shape index (κ3) is 2.40. The van der Waals surface area contributed by atoms with E-state index in [-0.39, 0.29) is 0 Å². The first-order chi connectivity index (χ1) is 7.74. The Morgan fingerprint density at radius 1 is 1.00 bits per heavy atom. The van der Waals surface area contributed by atoms with Crippen molar-refractivity contribution in [3.63, 3.8) is 0 Å². The highest BCUT2D eigenvalue weighted by atomic mass is 127. The second kappa shape index (κ2) is 4.25. The summed E-state index contributed by atoms with van der Waals surface area (Å²) in [7, 11) is 0. The van der Waals surface area contributed by atoms with E-state index < -0.39 is 0 Å². The zero-order valence-corrected chi connectivity index (χ0v) is 13.8. The molecule has 2 rings (SSSR count). The van der Waals surface area contributed by atoms with Gasteiger partial charge in [0.05, 0.1) is 0 Å². The Morgan fingerprint density at radius 3 is 2.06 bits per heavy atom.